The summed E-state index contributed by atoms with van der Waals surface area (Å²) in [5, 5.41) is 4.06. The van der Waals surface area contributed by atoms with Crippen molar-refractivity contribution in [1.82, 2.24) is 9.36 Å². The predicted molar refractivity (Wildman–Crippen MR) is 63.1 cm³/mol. The van der Waals surface area contributed by atoms with Gasteiger partial charge < -0.3 is 14.8 Å². The Morgan fingerprint density at radius 3 is 3.31 bits per heavy atom. The lowest BCUT2D eigenvalue weighted by atomic mass is 10.0. The van der Waals surface area contributed by atoms with Crippen molar-refractivity contribution in [2.75, 3.05) is 38.8 Å². The molecule has 1 atom stereocenters. The van der Waals surface area contributed by atoms with Gasteiger partial charge in [0.25, 0.3) is 0 Å². The molecule has 0 aliphatic carbocycles. The van der Waals surface area contributed by atoms with Gasteiger partial charge in [-0.15, -0.1) is 0 Å². The molecule has 0 bridgehead atoms. The number of rotatable bonds is 5. The molecule has 0 radical (unpaired) electrons. The zero-order valence-electron chi connectivity index (χ0n) is 9.44. The molecule has 1 aliphatic rings. The monoisotopic (exact) mass is 243 g/mol. The van der Waals surface area contributed by atoms with Crippen LogP contribution in [0.3, 0.4) is 0 Å². The number of nitrogens with zero attached hydrogens (tertiary/aromatic N) is 2. The van der Waals surface area contributed by atoms with Gasteiger partial charge in [-0.2, -0.15) is 4.37 Å². The van der Waals surface area contributed by atoms with Crippen molar-refractivity contribution in [3.8, 4) is 0 Å². The molecule has 0 spiro atoms. The lowest BCUT2D eigenvalue weighted by molar-refractivity contribution is 0.0784. The zero-order valence-corrected chi connectivity index (χ0v) is 10.3. The summed E-state index contributed by atoms with van der Waals surface area (Å²) in [7, 11) is 1.69. The molecule has 0 saturated carbocycles. The van der Waals surface area contributed by atoms with Crippen molar-refractivity contribution in [2.24, 2.45) is 0 Å². The minimum absolute atomic E-state index is 0.378. The molecule has 1 aromatic heterocycles. The van der Waals surface area contributed by atoms with E-state index in [0.717, 1.165) is 43.6 Å². The molecule has 1 aromatic rings. The van der Waals surface area contributed by atoms with Gasteiger partial charge in [0.2, 0.25) is 5.13 Å². The third kappa shape index (κ3) is 3.13. The third-order valence-electron chi connectivity index (χ3n) is 2.55. The maximum Gasteiger partial charge on any atom is 0.202 e. The fourth-order valence-electron chi connectivity index (χ4n) is 1.68. The number of nitrogens with one attached hydrogen (secondary N) is 1. The highest BCUT2D eigenvalue weighted by Gasteiger charge is 2.20. The topological polar surface area (TPSA) is 56.3 Å². The summed E-state index contributed by atoms with van der Waals surface area (Å²) in [5.74, 6) is 1.30. The Labute approximate surface area is 99.3 Å². The maximum atomic E-state index is 5.43. The molecule has 90 valence electrons. The molecule has 5 nitrogen and oxygen atoms in total. The van der Waals surface area contributed by atoms with Gasteiger partial charge in [-0.25, -0.2) is 4.98 Å². The van der Waals surface area contributed by atoms with Crippen molar-refractivity contribution in [2.45, 2.75) is 18.8 Å². The molecule has 1 N–H and O–H groups in total. The Kier molecular flexibility index (Phi) is 4.50. The highest BCUT2D eigenvalue weighted by atomic mass is 32.1. The van der Waals surface area contributed by atoms with Gasteiger partial charge in [-0.05, 0) is 12.8 Å². The molecule has 2 rings (SSSR count). The number of methoxy groups -OCH3 is 1. The first kappa shape index (κ1) is 11.8. The van der Waals surface area contributed by atoms with Gasteiger partial charge in [-0.3, -0.25) is 0 Å². The molecular formula is C10H17N3O2S. The van der Waals surface area contributed by atoms with Gasteiger partial charge in [0, 0.05) is 37.7 Å². The predicted octanol–water partition coefficient (Wildman–Crippen LogP) is 1.49. The first-order chi connectivity index (χ1) is 7.90. The van der Waals surface area contributed by atoms with Crippen molar-refractivity contribution in [3.63, 3.8) is 0 Å². The lowest BCUT2D eigenvalue weighted by Crippen LogP contribution is -2.16. The average molecular weight is 243 g/mol. The second kappa shape index (κ2) is 6.12. The standard InChI is InChI=1S/C10H17N3O2S/c1-14-6-4-11-10-12-9(13-16-10)8-3-2-5-15-7-8/h8H,2-7H2,1H3,(H,11,12,13). The molecule has 0 amide bonds. The largest absolute Gasteiger partial charge is 0.383 e. The fraction of sp³-hybridized carbons (Fsp3) is 0.800. The highest BCUT2D eigenvalue weighted by molar-refractivity contribution is 7.09. The summed E-state index contributed by atoms with van der Waals surface area (Å²) in [6.45, 7) is 3.08. The molecule has 0 aromatic carbocycles. The minimum atomic E-state index is 0.378. The smallest absolute Gasteiger partial charge is 0.202 e. The molecule has 1 aliphatic heterocycles. The fourth-order valence-corrected chi connectivity index (χ4v) is 2.35. The summed E-state index contributed by atoms with van der Waals surface area (Å²) in [6, 6.07) is 0. The van der Waals surface area contributed by atoms with Crippen LogP contribution in [0.2, 0.25) is 0 Å². The second-order valence-corrected chi connectivity index (χ2v) is 4.54. The van der Waals surface area contributed by atoms with Crippen LogP contribution in [0, 0.1) is 0 Å². The average Bonchev–Trinajstić information content (AvgIpc) is 2.79. The first-order valence-electron chi connectivity index (χ1n) is 5.54. The van der Waals surface area contributed by atoms with E-state index in [1.807, 2.05) is 0 Å². The Hall–Kier alpha value is -0.720. The molecular weight excluding hydrogens is 226 g/mol. The Morgan fingerprint density at radius 1 is 1.62 bits per heavy atom. The summed E-state index contributed by atoms with van der Waals surface area (Å²) in [4.78, 5) is 4.47. The SMILES string of the molecule is COCCNc1nc(C2CCCOC2)ns1. The van der Waals surface area contributed by atoms with Gasteiger partial charge in [0.15, 0.2) is 0 Å². The lowest BCUT2D eigenvalue weighted by Gasteiger charge is -2.18. The Morgan fingerprint density at radius 2 is 2.56 bits per heavy atom. The molecule has 1 saturated heterocycles. The normalized spacial score (nSPS) is 20.9. The van der Waals surface area contributed by atoms with Gasteiger partial charge >= 0.3 is 0 Å². The van der Waals surface area contributed by atoms with Crippen molar-refractivity contribution >= 4 is 16.7 Å². The van der Waals surface area contributed by atoms with Crippen LogP contribution in [0.5, 0.6) is 0 Å². The van der Waals surface area contributed by atoms with E-state index in [4.69, 9.17) is 9.47 Å². The summed E-state index contributed by atoms with van der Waals surface area (Å²) < 4.78 is 14.8. The van der Waals surface area contributed by atoms with E-state index in [9.17, 15) is 0 Å². The maximum absolute atomic E-state index is 5.43. The van der Waals surface area contributed by atoms with Crippen LogP contribution in [0.1, 0.15) is 24.6 Å². The van der Waals surface area contributed by atoms with E-state index in [-0.39, 0.29) is 0 Å². The first-order valence-corrected chi connectivity index (χ1v) is 6.31. The van der Waals surface area contributed by atoms with Crippen molar-refractivity contribution in [3.05, 3.63) is 5.82 Å². The van der Waals surface area contributed by atoms with E-state index in [1.165, 1.54) is 11.5 Å². The van der Waals surface area contributed by atoms with Crippen LogP contribution in [0.25, 0.3) is 0 Å². The minimum Gasteiger partial charge on any atom is -0.383 e. The van der Waals surface area contributed by atoms with Crippen molar-refractivity contribution < 1.29 is 9.47 Å². The van der Waals surface area contributed by atoms with Crippen LogP contribution in [0.15, 0.2) is 0 Å². The second-order valence-electron chi connectivity index (χ2n) is 3.79. The quantitative estimate of drug-likeness (QED) is 0.794. The van der Waals surface area contributed by atoms with E-state index < -0.39 is 0 Å². The Bertz CT molecular complexity index is 313. The highest BCUT2D eigenvalue weighted by Crippen LogP contribution is 2.25. The summed E-state index contributed by atoms with van der Waals surface area (Å²) in [6.07, 6.45) is 2.24. The Balaban J connectivity index is 1.85. The molecule has 1 fully saturated rings. The van der Waals surface area contributed by atoms with Crippen LogP contribution < -0.4 is 5.32 Å². The van der Waals surface area contributed by atoms with E-state index in [1.54, 1.807) is 7.11 Å². The number of ether oxygens (including phenoxy) is 2. The van der Waals surface area contributed by atoms with Gasteiger partial charge in [-0.1, -0.05) is 0 Å². The zero-order chi connectivity index (χ0) is 11.2. The number of hydrogen-bond donors (Lipinski definition) is 1. The number of anilines is 1. The number of hydrogen-bond acceptors (Lipinski definition) is 6. The van der Waals surface area contributed by atoms with E-state index in [0.29, 0.717) is 12.5 Å². The van der Waals surface area contributed by atoms with Crippen LogP contribution in [-0.4, -0.2) is 42.8 Å². The van der Waals surface area contributed by atoms with Crippen LogP contribution >= 0.6 is 11.5 Å². The molecule has 6 heteroatoms. The molecule has 2 heterocycles. The third-order valence-corrected chi connectivity index (χ3v) is 3.24. The van der Waals surface area contributed by atoms with Crippen molar-refractivity contribution in [1.29, 1.82) is 0 Å². The summed E-state index contributed by atoms with van der Waals surface area (Å²) in [5.41, 5.74) is 0. The van der Waals surface area contributed by atoms with E-state index >= 15 is 0 Å². The summed E-state index contributed by atoms with van der Waals surface area (Å²) >= 11 is 1.41. The molecule has 1 unspecified atom stereocenters. The molecule has 16 heavy (non-hydrogen) atoms. The van der Waals surface area contributed by atoms with Gasteiger partial charge in [0.1, 0.15) is 5.82 Å². The van der Waals surface area contributed by atoms with Crippen LogP contribution in [-0.2, 0) is 9.47 Å². The van der Waals surface area contributed by atoms with Gasteiger partial charge in [0.05, 0.1) is 13.2 Å². The van der Waals surface area contributed by atoms with Crippen LogP contribution in [0.4, 0.5) is 5.13 Å². The number of aromatic nitrogens is 2. The van der Waals surface area contributed by atoms with E-state index in [2.05, 4.69) is 14.7 Å².